The van der Waals surface area contributed by atoms with Crippen LogP contribution in [0.5, 0.6) is 0 Å². The molecule has 1 aliphatic carbocycles. The minimum Gasteiger partial charge on any atom is -0.339 e. The summed E-state index contributed by atoms with van der Waals surface area (Å²) in [4.78, 5) is 4.31. The van der Waals surface area contributed by atoms with E-state index in [2.05, 4.69) is 15.2 Å². The van der Waals surface area contributed by atoms with Gasteiger partial charge < -0.3 is 10.3 Å². The van der Waals surface area contributed by atoms with Crippen molar-refractivity contribution in [1.82, 2.24) is 19.9 Å². The topological polar surface area (TPSA) is 82.8 Å². The molecule has 2 aromatic rings. The monoisotopic (exact) mass is 233 g/mol. The largest absolute Gasteiger partial charge is 0.339 e. The lowest BCUT2D eigenvalue weighted by Crippen LogP contribution is -2.25. The molecule has 6 heteroatoms. The van der Waals surface area contributed by atoms with Crippen LogP contribution in [0.25, 0.3) is 11.5 Å². The first-order chi connectivity index (χ1) is 8.22. The zero-order valence-corrected chi connectivity index (χ0v) is 9.71. The van der Waals surface area contributed by atoms with Gasteiger partial charge in [-0.1, -0.05) is 5.16 Å². The van der Waals surface area contributed by atoms with Crippen molar-refractivity contribution in [2.24, 2.45) is 18.7 Å². The molecule has 1 aliphatic rings. The van der Waals surface area contributed by atoms with Gasteiger partial charge in [0.1, 0.15) is 5.69 Å². The van der Waals surface area contributed by atoms with E-state index in [1.807, 2.05) is 19.3 Å². The third-order valence-corrected chi connectivity index (χ3v) is 3.05. The Morgan fingerprint density at radius 1 is 1.59 bits per heavy atom. The molecule has 6 nitrogen and oxygen atoms in total. The molecule has 0 spiro atoms. The Morgan fingerprint density at radius 2 is 2.41 bits per heavy atom. The Morgan fingerprint density at radius 3 is 3.06 bits per heavy atom. The van der Waals surface area contributed by atoms with Gasteiger partial charge in [0.05, 0.1) is 0 Å². The second-order valence-electron chi connectivity index (χ2n) is 4.59. The standard InChI is InChI=1S/C11H15N5O/c1-16-5-4-9(14-16)11-13-10(17-15-11)6-8(12)7-2-3-7/h4-5,7-8H,2-3,6,12H2,1H3. The second-order valence-corrected chi connectivity index (χ2v) is 4.59. The maximum atomic E-state index is 6.02. The van der Waals surface area contributed by atoms with Crippen LogP contribution in [0.1, 0.15) is 18.7 Å². The van der Waals surface area contributed by atoms with Crippen LogP contribution in [0.3, 0.4) is 0 Å². The highest BCUT2D eigenvalue weighted by Gasteiger charge is 2.29. The van der Waals surface area contributed by atoms with Crippen molar-refractivity contribution in [3.8, 4) is 11.5 Å². The average Bonchev–Trinajstić information content (AvgIpc) is 2.92. The van der Waals surface area contributed by atoms with Crippen molar-refractivity contribution in [2.45, 2.75) is 25.3 Å². The highest BCUT2D eigenvalue weighted by Crippen LogP contribution is 2.32. The molecule has 1 unspecified atom stereocenters. The Balaban J connectivity index is 1.73. The lowest BCUT2D eigenvalue weighted by atomic mass is 10.1. The fourth-order valence-electron chi connectivity index (χ4n) is 1.87. The van der Waals surface area contributed by atoms with Crippen molar-refractivity contribution in [3.63, 3.8) is 0 Å². The van der Waals surface area contributed by atoms with Crippen LogP contribution in [-0.2, 0) is 13.5 Å². The number of hydrogen-bond donors (Lipinski definition) is 1. The van der Waals surface area contributed by atoms with Gasteiger partial charge in [-0.15, -0.1) is 0 Å². The maximum absolute atomic E-state index is 6.02. The Bertz CT molecular complexity index is 513. The molecular weight excluding hydrogens is 218 g/mol. The molecule has 17 heavy (non-hydrogen) atoms. The van der Waals surface area contributed by atoms with Gasteiger partial charge in [-0.2, -0.15) is 10.1 Å². The van der Waals surface area contributed by atoms with Crippen LogP contribution in [0.2, 0.25) is 0 Å². The van der Waals surface area contributed by atoms with E-state index in [0.717, 1.165) is 5.69 Å². The molecule has 1 atom stereocenters. The molecule has 0 aliphatic heterocycles. The summed E-state index contributed by atoms with van der Waals surface area (Å²) in [5, 5.41) is 8.14. The van der Waals surface area contributed by atoms with Crippen LogP contribution in [0.15, 0.2) is 16.8 Å². The minimum absolute atomic E-state index is 0.145. The normalized spacial score (nSPS) is 17.3. The van der Waals surface area contributed by atoms with E-state index in [1.165, 1.54) is 12.8 Å². The zero-order valence-electron chi connectivity index (χ0n) is 9.71. The molecule has 2 heterocycles. The fourth-order valence-corrected chi connectivity index (χ4v) is 1.87. The highest BCUT2D eigenvalue weighted by atomic mass is 16.5. The van der Waals surface area contributed by atoms with E-state index in [-0.39, 0.29) is 6.04 Å². The summed E-state index contributed by atoms with van der Waals surface area (Å²) < 4.78 is 6.90. The number of aryl methyl sites for hydroxylation is 1. The van der Waals surface area contributed by atoms with Crippen LogP contribution in [-0.4, -0.2) is 26.0 Å². The van der Waals surface area contributed by atoms with Crippen molar-refractivity contribution < 1.29 is 4.52 Å². The highest BCUT2D eigenvalue weighted by molar-refractivity contribution is 5.46. The molecule has 1 fully saturated rings. The van der Waals surface area contributed by atoms with Crippen LogP contribution in [0.4, 0.5) is 0 Å². The Hall–Kier alpha value is -1.69. The van der Waals surface area contributed by atoms with E-state index in [1.54, 1.807) is 4.68 Å². The number of nitrogens with two attached hydrogens (primary N) is 1. The van der Waals surface area contributed by atoms with Crippen molar-refractivity contribution >= 4 is 0 Å². The number of hydrogen-bond acceptors (Lipinski definition) is 5. The maximum Gasteiger partial charge on any atom is 0.228 e. The molecule has 3 rings (SSSR count). The molecule has 0 radical (unpaired) electrons. The van der Waals surface area contributed by atoms with Crippen LogP contribution in [0, 0.1) is 5.92 Å². The number of rotatable bonds is 4. The van der Waals surface area contributed by atoms with Crippen LogP contribution < -0.4 is 5.73 Å². The fraction of sp³-hybridized carbons (Fsp3) is 0.545. The van der Waals surface area contributed by atoms with Gasteiger partial charge in [-0.25, -0.2) is 0 Å². The molecular formula is C11H15N5O. The SMILES string of the molecule is Cn1ccc(-c2noc(CC(N)C3CC3)n2)n1. The molecule has 2 N–H and O–H groups in total. The summed E-state index contributed by atoms with van der Waals surface area (Å²) in [5.41, 5.74) is 6.74. The third-order valence-electron chi connectivity index (χ3n) is 3.05. The van der Waals surface area contributed by atoms with Gasteiger partial charge in [-0.3, -0.25) is 4.68 Å². The smallest absolute Gasteiger partial charge is 0.228 e. The first-order valence-corrected chi connectivity index (χ1v) is 5.80. The lowest BCUT2D eigenvalue weighted by molar-refractivity contribution is 0.363. The summed E-state index contributed by atoms with van der Waals surface area (Å²) in [5.74, 6) is 1.77. The lowest BCUT2D eigenvalue weighted by Gasteiger charge is -2.04. The molecule has 90 valence electrons. The molecule has 2 aromatic heterocycles. The van der Waals surface area contributed by atoms with E-state index in [4.69, 9.17) is 10.3 Å². The Kier molecular flexibility index (Phi) is 2.44. The van der Waals surface area contributed by atoms with Crippen molar-refractivity contribution in [3.05, 3.63) is 18.2 Å². The van der Waals surface area contributed by atoms with Gasteiger partial charge in [0.15, 0.2) is 0 Å². The van der Waals surface area contributed by atoms with Gasteiger partial charge in [0.25, 0.3) is 0 Å². The molecule has 0 bridgehead atoms. The summed E-state index contributed by atoms with van der Waals surface area (Å²) in [7, 11) is 1.85. The van der Waals surface area contributed by atoms with Crippen molar-refractivity contribution in [2.75, 3.05) is 0 Å². The zero-order chi connectivity index (χ0) is 11.8. The quantitative estimate of drug-likeness (QED) is 0.842. The average molecular weight is 233 g/mol. The third kappa shape index (κ3) is 2.21. The van der Waals surface area contributed by atoms with Gasteiger partial charge in [0, 0.05) is 25.7 Å². The van der Waals surface area contributed by atoms with Crippen LogP contribution >= 0.6 is 0 Å². The predicted molar refractivity (Wildman–Crippen MR) is 60.9 cm³/mol. The van der Waals surface area contributed by atoms with Gasteiger partial charge in [-0.05, 0) is 24.8 Å². The summed E-state index contributed by atoms with van der Waals surface area (Å²) in [6.45, 7) is 0. The molecule has 0 aromatic carbocycles. The number of nitrogens with zero attached hydrogens (tertiary/aromatic N) is 4. The Labute approximate surface area is 98.8 Å². The summed E-state index contributed by atoms with van der Waals surface area (Å²) in [6.07, 6.45) is 4.95. The molecule has 1 saturated carbocycles. The summed E-state index contributed by atoms with van der Waals surface area (Å²) >= 11 is 0. The van der Waals surface area contributed by atoms with Gasteiger partial charge in [0.2, 0.25) is 11.7 Å². The van der Waals surface area contributed by atoms with Crippen molar-refractivity contribution in [1.29, 1.82) is 0 Å². The molecule has 0 saturated heterocycles. The number of aromatic nitrogens is 4. The molecule has 0 amide bonds. The van der Waals surface area contributed by atoms with E-state index < -0.39 is 0 Å². The predicted octanol–water partition coefficient (Wildman–Crippen LogP) is 0.750. The second kappa shape index (κ2) is 3.96. The van der Waals surface area contributed by atoms with E-state index in [0.29, 0.717) is 24.1 Å². The minimum atomic E-state index is 0.145. The van der Waals surface area contributed by atoms with E-state index in [9.17, 15) is 0 Å². The first-order valence-electron chi connectivity index (χ1n) is 5.80. The van der Waals surface area contributed by atoms with E-state index >= 15 is 0 Å². The van der Waals surface area contributed by atoms with Gasteiger partial charge >= 0.3 is 0 Å². The summed E-state index contributed by atoms with van der Waals surface area (Å²) in [6, 6.07) is 2.00. The first kappa shape index (κ1) is 10.5.